The number of para-hydroxylation sites is 1. The Balaban J connectivity index is 2.40. The molecule has 2 heteroatoms. The number of rotatable bonds is 4. The fourth-order valence-corrected chi connectivity index (χ4v) is 2.28. The maximum atomic E-state index is 9.97. The first-order chi connectivity index (χ1) is 8.72. The number of benzene rings is 2. The van der Waals surface area contributed by atoms with Gasteiger partial charge in [-0.1, -0.05) is 43.7 Å². The van der Waals surface area contributed by atoms with Crippen LogP contribution in [0.3, 0.4) is 0 Å². The van der Waals surface area contributed by atoms with Crippen molar-refractivity contribution in [3.8, 4) is 11.5 Å². The summed E-state index contributed by atoms with van der Waals surface area (Å²) in [4.78, 5) is 0. The van der Waals surface area contributed by atoms with Crippen LogP contribution in [0.4, 0.5) is 0 Å². The average Bonchev–Trinajstić information content (AvgIpc) is 2.38. The first-order valence-corrected chi connectivity index (χ1v) is 6.29. The van der Waals surface area contributed by atoms with E-state index < -0.39 is 0 Å². The van der Waals surface area contributed by atoms with E-state index in [4.69, 9.17) is 0 Å². The second kappa shape index (κ2) is 5.58. The van der Waals surface area contributed by atoms with Crippen molar-refractivity contribution in [3.63, 3.8) is 0 Å². The lowest BCUT2D eigenvalue weighted by atomic mass is 9.87. The first-order valence-electron chi connectivity index (χ1n) is 6.29. The third-order valence-electron chi connectivity index (χ3n) is 3.18. The van der Waals surface area contributed by atoms with Gasteiger partial charge in [0.1, 0.15) is 11.5 Å². The van der Waals surface area contributed by atoms with Crippen molar-refractivity contribution in [2.75, 3.05) is 0 Å². The van der Waals surface area contributed by atoms with Crippen LogP contribution in [-0.4, -0.2) is 10.2 Å². The van der Waals surface area contributed by atoms with Crippen molar-refractivity contribution < 1.29 is 10.2 Å². The highest BCUT2D eigenvalue weighted by Gasteiger charge is 2.16. The van der Waals surface area contributed by atoms with E-state index in [2.05, 4.69) is 6.92 Å². The number of phenolic OH excluding ortho intramolecular Hbond substituents is 2. The molecule has 0 aliphatic rings. The van der Waals surface area contributed by atoms with E-state index in [0.29, 0.717) is 5.75 Å². The predicted molar refractivity (Wildman–Crippen MR) is 73.0 cm³/mol. The van der Waals surface area contributed by atoms with E-state index in [9.17, 15) is 10.2 Å². The summed E-state index contributed by atoms with van der Waals surface area (Å²) in [6.07, 6.45) is 2.02. The van der Waals surface area contributed by atoms with Gasteiger partial charge in [0.25, 0.3) is 0 Å². The van der Waals surface area contributed by atoms with Gasteiger partial charge >= 0.3 is 0 Å². The number of hydrogen-bond donors (Lipinski definition) is 2. The minimum absolute atomic E-state index is 0.178. The molecule has 0 aliphatic heterocycles. The van der Waals surface area contributed by atoms with Crippen molar-refractivity contribution in [2.24, 2.45) is 0 Å². The molecule has 0 fully saturated rings. The molecular formula is C16H18O2. The quantitative estimate of drug-likeness (QED) is 0.849. The Hall–Kier alpha value is -1.96. The van der Waals surface area contributed by atoms with Crippen molar-refractivity contribution >= 4 is 0 Å². The van der Waals surface area contributed by atoms with E-state index in [1.165, 1.54) is 0 Å². The maximum absolute atomic E-state index is 9.97. The lowest BCUT2D eigenvalue weighted by Gasteiger charge is -2.18. The summed E-state index contributed by atoms with van der Waals surface area (Å²) in [6.45, 7) is 2.13. The van der Waals surface area contributed by atoms with E-state index in [1.807, 2.05) is 30.3 Å². The van der Waals surface area contributed by atoms with Gasteiger partial charge in [-0.2, -0.15) is 0 Å². The normalized spacial score (nSPS) is 12.3. The molecule has 2 rings (SSSR count). The van der Waals surface area contributed by atoms with E-state index in [-0.39, 0.29) is 11.7 Å². The molecule has 0 amide bonds. The summed E-state index contributed by atoms with van der Waals surface area (Å²) in [7, 11) is 0. The Morgan fingerprint density at radius 2 is 1.61 bits per heavy atom. The highest BCUT2D eigenvalue weighted by molar-refractivity contribution is 5.42. The topological polar surface area (TPSA) is 40.5 Å². The largest absolute Gasteiger partial charge is 0.508 e. The van der Waals surface area contributed by atoms with Gasteiger partial charge in [-0.3, -0.25) is 0 Å². The Kier molecular flexibility index (Phi) is 3.88. The molecule has 2 N–H and O–H groups in total. The predicted octanol–water partition coefficient (Wildman–Crippen LogP) is 4.03. The maximum Gasteiger partial charge on any atom is 0.119 e. The Morgan fingerprint density at radius 3 is 2.22 bits per heavy atom. The highest BCUT2D eigenvalue weighted by atomic mass is 16.3. The highest BCUT2D eigenvalue weighted by Crippen LogP contribution is 2.34. The van der Waals surface area contributed by atoms with E-state index in [0.717, 1.165) is 24.0 Å². The van der Waals surface area contributed by atoms with Gasteiger partial charge in [0, 0.05) is 11.5 Å². The van der Waals surface area contributed by atoms with Crippen molar-refractivity contribution in [2.45, 2.75) is 25.7 Å². The Morgan fingerprint density at radius 1 is 0.944 bits per heavy atom. The van der Waals surface area contributed by atoms with Crippen LogP contribution in [-0.2, 0) is 0 Å². The van der Waals surface area contributed by atoms with Crippen LogP contribution in [0.5, 0.6) is 11.5 Å². The van der Waals surface area contributed by atoms with Gasteiger partial charge in [-0.05, 0) is 30.2 Å². The van der Waals surface area contributed by atoms with Crippen LogP contribution < -0.4 is 0 Å². The molecule has 2 aromatic carbocycles. The fraction of sp³-hybridized carbons (Fsp3) is 0.250. The summed E-state index contributed by atoms with van der Waals surface area (Å²) in [5, 5.41) is 19.3. The molecule has 0 saturated carbocycles. The van der Waals surface area contributed by atoms with Gasteiger partial charge < -0.3 is 10.2 Å². The van der Waals surface area contributed by atoms with Gasteiger partial charge in [0.05, 0.1) is 0 Å². The van der Waals surface area contributed by atoms with Crippen LogP contribution >= 0.6 is 0 Å². The molecule has 94 valence electrons. The summed E-state index contributed by atoms with van der Waals surface area (Å²) in [6, 6.07) is 14.7. The van der Waals surface area contributed by atoms with E-state index in [1.54, 1.807) is 18.2 Å². The fourth-order valence-electron chi connectivity index (χ4n) is 2.28. The lowest BCUT2D eigenvalue weighted by Crippen LogP contribution is -2.01. The minimum atomic E-state index is 0.178. The van der Waals surface area contributed by atoms with Gasteiger partial charge in [0.2, 0.25) is 0 Å². The first kappa shape index (κ1) is 12.5. The molecule has 0 aliphatic carbocycles. The molecule has 0 heterocycles. The number of phenols is 2. The average molecular weight is 242 g/mol. The second-order valence-corrected chi connectivity index (χ2v) is 4.49. The summed E-state index contributed by atoms with van der Waals surface area (Å²) in [5.74, 6) is 0.784. The third kappa shape index (κ3) is 2.65. The van der Waals surface area contributed by atoms with Crippen LogP contribution in [0, 0.1) is 0 Å². The second-order valence-electron chi connectivity index (χ2n) is 4.49. The van der Waals surface area contributed by atoms with Crippen LogP contribution in [0.15, 0.2) is 48.5 Å². The van der Waals surface area contributed by atoms with Crippen molar-refractivity contribution in [3.05, 3.63) is 59.7 Å². The molecule has 0 radical (unpaired) electrons. The molecule has 2 aromatic rings. The number of aromatic hydroxyl groups is 2. The van der Waals surface area contributed by atoms with Gasteiger partial charge in [-0.15, -0.1) is 0 Å². The number of hydrogen-bond acceptors (Lipinski definition) is 2. The smallest absolute Gasteiger partial charge is 0.119 e. The molecular weight excluding hydrogens is 224 g/mol. The lowest BCUT2D eigenvalue weighted by molar-refractivity contribution is 0.462. The third-order valence-corrected chi connectivity index (χ3v) is 3.18. The summed E-state index contributed by atoms with van der Waals surface area (Å²) >= 11 is 0. The molecule has 1 unspecified atom stereocenters. The van der Waals surface area contributed by atoms with Crippen LogP contribution in [0.25, 0.3) is 0 Å². The molecule has 0 saturated heterocycles. The molecule has 18 heavy (non-hydrogen) atoms. The zero-order valence-corrected chi connectivity index (χ0v) is 10.5. The molecule has 0 aromatic heterocycles. The van der Waals surface area contributed by atoms with Crippen LogP contribution in [0.1, 0.15) is 36.8 Å². The van der Waals surface area contributed by atoms with Crippen molar-refractivity contribution in [1.29, 1.82) is 0 Å². The summed E-state index contributed by atoms with van der Waals surface area (Å²) < 4.78 is 0. The molecule has 1 atom stereocenters. The van der Waals surface area contributed by atoms with Gasteiger partial charge in [0.15, 0.2) is 0 Å². The standard InChI is InChI=1S/C16H18O2/c1-2-5-14(12-8-10-13(17)11-9-12)15-6-3-4-7-16(15)18/h3-4,6-11,14,17-18H,2,5H2,1H3. The zero-order valence-electron chi connectivity index (χ0n) is 10.5. The molecule has 2 nitrogen and oxygen atoms in total. The Bertz CT molecular complexity index is 503. The zero-order chi connectivity index (χ0) is 13.0. The molecule has 0 spiro atoms. The minimum Gasteiger partial charge on any atom is -0.508 e. The van der Waals surface area contributed by atoms with Crippen molar-refractivity contribution in [1.82, 2.24) is 0 Å². The van der Waals surface area contributed by atoms with E-state index >= 15 is 0 Å². The van der Waals surface area contributed by atoms with Gasteiger partial charge in [-0.25, -0.2) is 0 Å². The summed E-state index contributed by atoms with van der Waals surface area (Å²) in [5.41, 5.74) is 2.07. The monoisotopic (exact) mass is 242 g/mol. The SMILES string of the molecule is CCCC(c1ccc(O)cc1)c1ccccc1O. The molecule has 0 bridgehead atoms. The van der Waals surface area contributed by atoms with Crippen LogP contribution in [0.2, 0.25) is 0 Å². The Labute approximate surface area is 108 Å².